The highest BCUT2D eigenvalue weighted by Crippen LogP contribution is 2.39. The molecule has 0 saturated carbocycles. The van der Waals surface area contributed by atoms with Gasteiger partial charge in [0.05, 0.1) is 13.2 Å². The van der Waals surface area contributed by atoms with Crippen molar-refractivity contribution in [1.82, 2.24) is 0 Å². The molecule has 1 aromatic carbocycles. The lowest BCUT2D eigenvalue weighted by molar-refractivity contribution is 0.297. The quantitative estimate of drug-likeness (QED) is 0.820. The third-order valence-corrected chi connectivity index (χ3v) is 3.18. The summed E-state index contributed by atoms with van der Waals surface area (Å²) in [7, 11) is 0. The van der Waals surface area contributed by atoms with E-state index in [1.807, 2.05) is 18.2 Å². The SMILES string of the molecule is Nc1cc2c(cc1-c1ccc(Br)o1)OCCCO2. The molecule has 2 N–H and O–H groups in total. The molecule has 1 aliphatic rings. The highest BCUT2D eigenvalue weighted by Gasteiger charge is 2.16. The van der Waals surface area contributed by atoms with Crippen LogP contribution in [0.4, 0.5) is 5.69 Å². The van der Waals surface area contributed by atoms with Gasteiger partial charge in [0.1, 0.15) is 5.76 Å². The lowest BCUT2D eigenvalue weighted by Gasteiger charge is -2.10. The molecule has 94 valence electrons. The molecule has 0 amide bonds. The second-order valence-corrected chi connectivity index (χ2v) is 4.82. The van der Waals surface area contributed by atoms with Gasteiger partial charge in [0, 0.05) is 23.7 Å². The average molecular weight is 310 g/mol. The van der Waals surface area contributed by atoms with Crippen LogP contribution in [0, 0.1) is 0 Å². The Morgan fingerprint density at radius 1 is 1.06 bits per heavy atom. The van der Waals surface area contributed by atoms with Crippen LogP contribution in [0.1, 0.15) is 6.42 Å². The summed E-state index contributed by atoms with van der Waals surface area (Å²) in [5.74, 6) is 2.11. The minimum absolute atomic E-state index is 0.612. The maximum absolute atomic E-state index is 6.03. The zero-order chi connectivity index (χ0) is 12.5. The molecule has 0 radical (unpaired) electrons. The normalized spacial score (nSPS) is 14.3. The van der Waals surface area contributed by atoms with Gasteiger partial charge in [-0.2, -0.15) is 0 Å². The highest BCUT2D eigenvalue weighted by atomic mass is 79.9. The minimum atomic E-state index is 0.612. The lowest BCUT2D eigenvalue weighted by atomic mass is 10.1. The van der Waals surface area contributed by atoms with Crippen molar-refractivity contribution in [3.05, 3.63) is 28.9 Å². The average Bonchev–Trinajstić information content (AvgIpc) is 2.65. The van der Waals surface area contributed by atoms with E-state index in [1.165, 1.54) is 0 Å². The molecule has 0 unspecified atom stereocenters. The molecule has 0 spiro atoms. The van der Waals surface area contributed by atoms with Gasteiger partial charge in [-0.15, -0.1) is 0 Å². The molecule has 1 aliphatic heterocycles. The van der Waals surface area contributed by atoms with E-state index in [0.717, 1.165) is 12.0 Å². The molecule has 2 heterocycles. The first-order valence-corrected chi connectivity index (χ1v) is 6.48. The van der Waals surface area contributed by atoms with Crippen LogP contribution in [0.25, 0.3) is 11.3 Å². The third kappa shape index (κ3) is 2.06. The van der Waals surface area contributed by atoms with Crippen LogP contribution >= 0.6 is 15.9 Å². The van der Waals surface area contributed by atoms with Gasteiger partial charge in [-0.05, 0) is 34.1 Å². The van der Waals surface area contributed by atoms with Crippen LogP contribution in [-0.4, -0.2) is 13.2 Å². The van der Waals surface area contributed by atoms with Gasteiger partial charge in [0.15, 0.2) is 16.2 Å². The first kappa shape index (κ1) is 11.5. The molecule has 3 rings (SSSR count). The number of ether oxygens (including phenoxy) is 2. The van der Waals surface area contributed by atoms with Gasteiger partial charge in [-0.25, -0.2) is 0 Å². The number of nitrogen functional groups attached to an aromatic ring is 1. The summed E-state index contributed by atoms with van der Waals surface area (Å²) in [6.45, 7) is 1.30. The Labute approximate surface area is 113 Å². The fraction of sp³-hybridized carbons (Fsp3) is 0.231. The van der Waals surface area contributed by atoms with Crippen molar-refractivity contribution >= 4 is 21.6 Å². The Hall–Kier alpha value is -1.62. The van der Waals surface area contributed by atoms with Crippen molar-refractivity contribution < 1.29 is 13.9 Å². The number of nitrogens with two attached hydrogens (primary N) is 1. The number of benzene rings is 1. The van der Waals surface area contributed by atoms with E-state index >= 15 is 0 Å². The Balaban J connectivity index is 2.08. The van der Waals surface area contributed by atoms with E-state index in [2.05, 4.69) is 15.9 Å². The van der Waals surface area contributed by atoms with Crippen molar-refractivity contribution in [2.24, 2.45) is 0 Å². The zero-order valence-corrected chi connectivity index (χ0v) is 11.2. The number of hydrogen-bond donors (Lipinski definition) is 1. The molecule has 4 nitrogen and oxygen atoms in total. The Morgan fingerprint density at radius 2 is 1.78 bits per heavy atom. The number of fused-ring (bicyclic) bond motifs is 1. The third-order valence-electron chi connectivity index (χ3n) is 2.76. The topological polar surface area (TPSA) is 57.6 Å². The van der Waals surface area contributed by atoms with Gasteiger partial charge in [-0.3, -0.25) is 0 Å². The first-order valence-electron chi connectivity index (χ1n) is 5.69. The molecule has 18 heavy (non-hydrogen) atoms. The van der Waals surface area contributed by atoms with Gasteiger partial charge in [-0.1, -0.05) is 0 Å². The largest absolute Gasteiger partial charge is 0.490 e. The number of halogens is 1. The van der Waals surface area contributed by atoms with Crippen molar-refractivity contribution in [2.45, 2.75) is 6.42 Å². The second kappa shape index (κ2) is 4.57. The maximum atomic E-state index is 6.03. The molecule has 0 saturated heterocycles. The summed E-state index contributed by atoms with van der Waals surface area (Å²) in [6, 6.07) is 7.34. The van der Waals surface area contributed by atoms with Crippen LogP contribution in [0.3, 0.4) is 0 Å². The van der Waals surface area contributed by atoms with Crippen molar-refractivity contribution in [1.29, 1.82) is 0 Å². The predicted octanol–water partition coefficient (Wildman–Crippen LogP) is 3.45. The van der Waals surface area contributed by atoms with Crippen LogP contribution in [-0.2, 0) is 0 Å². The Bertz CT molecular complexity index is 580. The number of anilines is 1. The van der Waals surface area contributed by atoms with E-state index < -0.39 is 0 Å². The van der Waals surface area contributed by atoms with E-state index in [4.69, 9.17) is 19.6 Å². The van der Waals surface area contributed by atoms with Crippen LogP contribution in [0.5, 0.6) is 11.5 Å². The summed E-state index contributed by atoms with van der Waals surface area (Å²) in [5, 5.41) is 0. The van der Waals surface area contributed by atoms with Crippen LogP contribution < -0.4 is 15.2 Å². The molecule has 1 aromatic heterocycles. The number of rotatable bonds is 1. The Kier molecular flexibility index (Phi) is 2.91. The van der Waals surface area contributed by atoms with E-state index in [1.54, 1.807) is 6.07 Å². The summed E-state index contributed by atoms with van der Waals surface area (Å²) in [6.07, 6.45) is 0.871. The van der Waals surface area contributed by atoms with E-state index in [0.29, 0.717) is 40.8 Å². The summed E-state index contributed by atoms with van der Waals surface area (Å²) in [5.41, 5.74) is 7.45. The van der Waals surface area contributed by atoms with E-state index in [9.17, 15) is 0 Å². The molecular weight excluding hydrogens is 298 g/mol. The van der Waals surface area contributed by atoms with Crippen molar-refractivity contribution in [3.63, 3.8) is 0 Å². The molecule has 0 aliphatic carbocycles. The fourth-order valence-electron chi connectivity index (χ4n) is 1.90. The smallest absolute Gasteiger partial charge is 0.169 e. The number of hydrogen-bond acceptors (Lipinski definition) is 4. The lowest BCUT2D eigenvalue weighted by Crippen LogP contribution is -1.97. The standard InChI is InChI=1S/C13H12BrNO3/c14-13-3-2-10(18-13)8-6-11-12(7-9(8)15)17-5-1-4-16-11/h2-3,6-7H,1,4-5,15H2. The summed E-state index contributed by atoms with van der Waals surface area (Å²) < 4.78 is 17.4. The molecule has 0 fully saturated rings. The summed E-state index contributed by atoms with van der Waals surface area (Å²) in [4.78, 5) is 0. The van der Waals surface area contributed by atoms with Gasteiger partial charge in [0.2, 0.25) is 0 Å². The molecule has 0 bridgehead atoms. The van der Waals surface area contributed by atoms with Crippen molar-refractivity contribution in [2.75, 3.05) is 18.9 Å². The molecule has 0 atom stereocenters. The molecule has 5 heteroatoms. The molecular formula is C13H12BrNO3. The fourth-order valence-corrected chi connectivity index (χ4v) is 2.20. The monoisotopic (exact) mass is 309 g/mol. The minimum Gasteiger partial charge on any atom is -0.490 e. The van der Waals surface area contributed by atoms with Gasteiger partial charge >= 0.3 is 0 Å². The Morgan fingerprint density at radius 3 is 2.44 bits per heavy atom. The highest BCUT2D eigenvalue weighted by molar-refractivity contribution is 9.10. The maximum Gasteiger partial charge on any atom is 0.169 e. The van der Waals surface area contributed by atoms with Crippen LogP contribution in [0.15, 0.2) is 33.4 Å². The van der Waals surface area contributed by atoms with Crippen molar-refractivity contribution in [3.8, 4) is 22.8 Å². The predicted molar refractivity (Wildman–Crippen MR) is 71.9 cm³/mol. The van der Waals surface area contributed by atoms with Crippen LogP contribution in [0.2, 0.25) is 0 Å². The second-order valence-electron chi connectivity index (χ2n) is 4.04. The number of furan rings is 1. The van der Waals surface area contributed by atoms with Gasteiger partial charge < -0.3 is 19.6 Å². The zero-order valence-electron chi connectivity index (χ0n) is 9.61. The van der Waals surface area contributed by atoms with E-state index in [-0.39, 0.29) is 0 Å². The molecule has 2 aromatic rings. The first-order chi connectivity index (χ1) is 8.74. The summed E-state index contributed by atoms with van der Waals surface area (Å²) >= 11 is 3.28. The van der Waals surface area contributed by atoms with Gasteiger partial charge in [0.25, 0.3) is 0 Å².